The predicted octanol–water partition coefficient (Wildman–Crippen LogP) is 2.74. The van der Waals surface area contributed by atoms with Crippen LogP contribution in [-0.4, -0.2) is 33.8 Å². The lowest BCUT2D eigenvalue weighted by molar-refractivity contribution is 0.202. The van der Waals surface area contributed by atoms with Crippen LogP contribution in [0.15, 0.2) is 30.5 Å². The van der Waals surface area contributed by atoms with Gasteiger partial charge in [0.25, 0.3) is 0 Å². The lowest BCUT2D eigenvalue weighted by Gasteiger charge is -2.31. The van der Waals surface area contributed by atoms with Crippen LogP contribution in [0.5, 0.6) is 0 Å². The lowest BCUT2D eigenvalue weighted by Crippen LogP contribution is -2.42. The van der Waals surface area contributed by atoms with Crippen LogP contribution < -0.4 is 5.73 Å². The van der Waals surface area contributed by atoms with E-state index in [1.165, 1.54) is 28.8 Å². The number of halogens is 1. The zero-order valence-electron chi connectivity index (χ0n) is 13.3. The fourth-order valence-corrected chi connectivity index (χ4v) is 3.18. The summed E-state index contributed by atoms with van der Waals surface area (Å²) >= 11 is 0. The lowest BCUT2D eigenvalue weighted by atomic mass is 9.99. The molecular formula is C17H25ClN4. The molecule has 2 N–H and O–H groups in total. The summed E-state index contributed by atoms with van der Waals surface area (Å²) in [5.74, 6) is 0. The minimum Gasteiger partial charge on any atom is -0.327 e. The summed E-state index contributed by atoms with van der Waals surface area (Å²) in [7, 11) is 2.00. The Morgan fingerprint density at radius 2 is 2.14 bits per heavy atom. The van der Waals surface area contributed by atoms with Gasteiger partial charge in [-0.25, -0.2) is 0 Å². The minimum absolute atomic E-state index is 0. The zero-order chi connectivity index (χ0) is 14.8. The number of likely N-dealkylation sites (tertiary alicyclic amines) is 1. The van der Waals surface area contributed by atoms with Gasteiger partial charge in [-0.3, -0.25) is 9.58 Å². The summed E-state index contributed by atoms with van der Waals surface area (Å²) in [6, 6.07) is 9.11. The van der Waals surface area contributed by atoms with Gasteiger partial charge in [0.05, 0.1) is 5.69 Å². The first kappa shape index (κ1) is 17.0. The number of aromatic nitrogens is 2. The summed E-state index contributed by atoms with van der Waals surface area (Å²) in [5.41, 5.74) is 11.2. The van der Waals surface area contributed by atoms with Gasteiger partial charge in [-0.1, -0.05) is 17.7 Å². The van der Waals surface area contributed by atoms with Crippen LogP contribution >= 0.6 is 12.4 Å². The van der Waals surface area contributed by atoms with Crippen LogP contribution in [-0.2, 0) is 13.6 Å². The second-order valence-electron chi connectivity index (χ2n) is 6.14. The first-order valence-corrected chi connectivity index (χ1v) is 7.69. The molecule has 1 aliphatic rings. The second-order valence-corrected chi connectivity index (χ2v) is 6.14. The molecule has 4 nitrogen and oxygen atoms in total. The molecule has 1 unspecified atom stereocenters. The third-order valence-electron chi connectivity index (χ3n) is 4.30. The number of nitrogens with zero attached hydrogens (tertiary/aromatic N) is 3. The Hall–Kier alpha value is -1.36. The average molecular weight is 321 g/mol. The number of nitrogens with two attached hydrogens (primary N) is 1. The van der Waals surface area contributed by atoms with Gasteiger partial charge in [0.1, 0.15) is 0 Å². The zero-order valence-corrected chi connectivity index (χ0v) is 14.1. The van der Waals surface area contributed by atoms with Crippen molar-refractivity contribution in [1.82, 2.24) is 14.7 Å². The average Bonchev–Trinajstić information content (AvgIpc) is 2.87. The molecule has 120 valence electrons. The van der Waals surface area contributed by atoms with Gasteiger partial charge in [0, 0.05) is 37.9 Å². The number of hydrogen-bond donors (Lipinski definition) is 1. The topological polar surface area (TPSA) is 47.1 Å². The Morgan fingerprint density at radius 1 is 1.32 bits per heavy atom. The summed E-state index contributed by atoms with van der Waals surface area (Å²) < 4.78 is 1.94. The SMILES string of the molecule is Cc1ccc(CN2CCCC(N)C2)c(-c2ccnn2C)c1.Cl. The molecule has 1 aromatic carbocycles. The van der Waals surface area contributed by atoms with Gasteiger partial charge in [-0.2, -0.15) is 5.10 Å². The molecule has 0 saturated carbocycles. The molecule has 0 amide bonds. The molecule has 2 heterocycles. The Bertz CT molecular complexity index is 623. The molecular weight excluding hydrogens is 296 g/mol. The van der Waals surface area contributed by atoms with E-state index in [1.807, 2.05) is 17.9 Å². The van der Waals surface area contributed by atoms with Gasteiger partial charge in [-0.05, 0) is 44.0 Å². The highest BCUT2D eigenvalue weighted by Crippen LogP contribution is 2.26. The molecule has 22 heavy (non-hydrogen) atoms. The van der Waals surface area contributed by atoms with Crippen LogP contribution in [0, 0.1) is 6.92 Å². The van der Waals surface area contributed by atoms with E-state index < -0.39 is 0 Å². The molecule has 3 rings (SSSR count). The maximum atomic E-state index is 6.10. The minimum atomic E-state index is 0. The summed E-state index contributed by atoms with van der Waals surface area (Å²) in [6.07, 6.45) is 4.21. The van der Waals surface area contributed by atoms with Crippen molar-refractivity contribution in [2.24, 2.45) is 12.8 Å². The van der Waals surface area contributed by atoms with Gasteiger partial charge in [-0.15, -0.1) is 12.4 Å². The molecule has 1 aromatic heterocycles. The molecule has 1 saturated heterocycles. The van der Waals surface area contributed by atoms with Gasteiger partial charge in [0.2, 0.25) is 0 Å². The monoisotopic (exact) mass is 320 g/mol. The van der Waals surface area contributed by atoms with Crippen molar-refractivity contribution >= 4 is 12.4 Å². The third-order valence-corrected chi connectivity index (χ3v) is 4.30. The first-order valence-electron chi connectivity index (χ1n) is 7.69. The normalized spacial score (nSPS) is 19.0. The van der Waals surface area contributed by atoms with Crippen molar-refractivity contribution in [2.75, 3.05) is 13.1 Å². The quantitative estimate of drug-likeness (QED) is 0.946. The summed E-state index contributed by atoms with van der Waals surface area (Å²) in [6.45, 7) is 5.25. The summed E-state index contributed by atoms with van der Waals surface area (Å²) in [5, 5.41) is 4.31. The van der Waals surface area contributed by atoms with Crippen molar-refractivity contribution in [3.63, 3.8) is 0 Å². The number of rotatable bonds is 3. The molecule has 1 aliphatic heterocycles. The van der Waals surface area contributed by atoms with Crippen LogP contribution in [0.4, 0.5) is 0 Å². The Kier molecular flexibility index (Phi) is 5.62. The Labute approximate surface area is 138 Å². The smallest absolute Gasteiger partial charge is 0.0682 e. The van der Waals surface area contributed by atoms with Crippen molar-refractivity contribution in [3.05, 3.63) is 41.6 Å². The van der Waals surface area contributed by atoms with Crippen LogP contribution in [0.3, 0.4) is 0 Å². The molecule has 1 atom stereocenters. The van der Waals surface area contributed by atoms with E-state index in [9.17, 15) is 0 Å². The van der Waals surface area contributed by atoms with Gasteiger partial charge < -0.3 is 5.73 Å². The fraction of sp³-hybridized carbons (Fsp3) is 0.471. The second kappa shape index (κ2) is 7.27. The van der Waals surface area contributed by atoms with E-state index in [0.29, 0.717) is 6.04 Å². The molecule has 0 aliphatic carbocycles. The highest BCUT2D eigenvalue weighted by Gasteiger charge is 2.18. The van der Waals surface area contributed by atoms with E-state index in [1.54, 1.807) is 0 Å². The first-order chi connectivity index (χ1) is 10.1. The highest BCUT2D eigenvalue weighted by atomic mass is 35.5. The number of aryl methyl sites for hydroxylation is 2. The highest BCUT2D eigenvalue weighted by molar-refractivity contribution is 5.85. The maximum Gasteiger partial charge on any atom is 0.0682 e. The summed E-state index contributed by atoms with van der Waals surface area (Å²) in [4.78, 5) is 2.47. The Morgan fingerprint density at radius 3 is 2.82 bits per heavy atom. The van der Waals surface area contributed by atoms with E-state index in [0.717, 1.165) is 26.1 Å². The molecule has 1 fully saturated rings. The number of benzene rings is 1. The van der Waals surface area contributed by atoms with Crippen molar-refractivity contribution in [2.45, 2.75) is 32.4 Å². The molecule has 0 bridgehead atoms. The van der Waals surface area contributed by atoms with Gasteiger partial charge >= 0.3 is 0 Å². The maximum absolute atomic E-state index is 6.10. The number of hydrogen-bond acceptors (Lipinski definition) is 3. The van der Waals surface area contributed by atoms with Crippen LogP contribution in [0.1, 0.15) is 24.0 Å². The van der Waals surface area contributed by atoms with E-state index in [4.69, 9.17) is 5.73 Å². The van der Waals surface area contributed by atoms with E-state index >= 15 is 0 Å². The van der Waals surface area contributed by atoms with Crippen molar-refractivity contribution < 1.29 is 0 Å². The Balaban J connectivity index is 0.00000176. The van der Waals surface area contributed by atoms with Crippen molar-refractivity contribution in [3.8, 4) is 11.3 Å². The van der Waals surface area contributed by atoms with Gasteiger partial charge in [0.15, 0.2) is 0 Å². The third kappa shape index (κ3) is 3.69. The van der Waals surface area contributed by atoms with E-state index in [2.05, 4.69) is 41.2 Å². The fourth-order valence-electron chi connectivity index (χ4n) is 3.18. The molecule has 0 spiro atoms. The van der Waals surface area contributed by atoms with Crippen LogP contribution in [0.2, 0.25) is 0 Å². The number of piperidine rings is 1. The van der Waals surface area contributed by atoms with Crippen LogP contribution in [0.25, 0.3) is 11.3 Å². The predicted molar refractivity (Wildman–Crippen MR) is 93.1 cm³/mol. The molecule has 2 aromatic rings. The van der Waals surface area contributed by atoms with Crippen molar-refractivity contribution in [1.29, 1.82) is 0 Å². The largest absolute Gasteiger partial charge is 0.327 e. The molecule has 0 radical (unpaired) electrons. The molecule has 5 heteroatoms. The standard InChI is InChI=1S/C17H24N4.ClH/c1-13-5-6-14(11-21-9-3-4-15(18)12-21)16(10-13)17-7-8-19-20(17)2;/h5-8,10,15H,3-4,9,11-12,18H2,1-2H3;1H. The van der Waals surface area contributed by atoms with E-state index in [-0.39, 0.29) is 12.4 Å².